The molecule has 2 aromatic heterocycles. The van der Waals surface area contributed by atoms with Crippen molar-refractivity contribution in [2.24, 2.45) is 12.0 Å². The zero-order valence-electron chi connectivity index (χ0n) is 19.2. The molecular formula is C25H22ClN5O5. The zero-order valence-corrected chi connectivity index (χ0v) is 19.9. The number of hydrogen-bond donors (Lipinski definition) is 3. The number of carbonyl (C=O) groups is 1. The van der Waals surface area contributed by atoms with Gasteiger partial charge in [-0.15, -0.1) is 0 Å². The number of anilines is 2. The van der Waals surface area contributed by atoms with Crippen LogP contribution in [0.15, 0.2) is 53.7 Å². The lowest BCUT2D eigenvalue weighted by molar-refractivity contribution is -0.139. The van der Waals surface area contributed by atoms with Gasteiger partial charge >= 0.3 is 5.97 Å². The van der Waals surface area contributed by atoms with Gasteiger partial charge in [-0.05, 0) is 29.8 Å². The maximum absolute atomic E-state index is 11.1. The highest BCUT2D eigenvalue weighted by Crippen LogP contribution is 2.40. The molecule has 0 saturated heterocycles. The largest absolute Gasteiger partial charge is 0.486 e. The highest BCUT2D eigenvalue weighted by atomic mass is 35.5. The molecule has 0 fully saturated rings. The monoisotopic (exact) mass is 507 g/mol. The first-order chi connectivity index (χ1) is 17.4. The number of aliphatic imine (C=N–C) groups is 1. The van der Waals surface area contributed by atoms with Crippen molar-refractivity contribution in [3.63, 3.8) is 0 Å². The summed E-state index contributed by atoms with van der Waals surface area (Å²) < 4.78 is 13.0. The maximum Gasteiger partial charge on any atom is 0.330 e. The topological polar surface area (TPSA) is 131 Å². The number of nitrogens with zero attached hydrogens (tertiary/aromatic N) is 4. The van der Waals surface area contributed by atoms with Crippen molar-refractivity contribution in [2.75, 3.05) is 25.1 Å². The number of aryl methyl sites for hydroxylation is 1. The number of aliphatic hydroxyl groups excluding tert-OH is 1. The predicted octanol–water partition coefficient (Wildman–Crippen LogP) is 3.67. The maximum atomic E-state index is 11.1. The van der Waals surface area contributed by atoms with E-state index in [1.165, 1.54) is 6.21 Å². The summed E-state index contributed by atoms with van der Waals surface area (Å²) in [5.41, 5.74) is 4.26. The molecule has 1 aliphatic heterocycles. The molecule has 0 saturated carbocycles. The second-order valence-electron chi connectivity index (χ2n) is 8.07. The number of ether oxygens (including phenoxy) is 2. The first kappa shape index (κ1) is 23.6. The van der Waals surface area contributed by atoms with E-state index in [2.05, 4.69) is 20.4 Å². The summed E-state index contributed by atoms with van der Waals surface area (Å²) in [6, 6.07) is 11.9. The van der Waals surface area contributed by atoms with E-state index in [1.807, 2.05) is 36.4 Å². The van der Waals surface area contributed by atoms with E-state index < -0.39 is 18.6 Å². The van der Waals surface area contributed by atoms with Gasteiger partial charge in [0, 0.05) is 30.6 Å². The Bertz CT molecular complexity index is 1490. The third-order valence-electron chi connectivity index (χ3n) is 5.68. The van der Waals surface area contributed by atoms with Crippen LogP contribution < -0.4 is 14.8 Å². The first-order valence-corrected chi connectivity index (χ1v) is 11.5. The summed E-state index contributed by atoms with van der Waals surface area (Å²) in [7, 11) is 1.77. The lowest BCUT2D eigenvalue weighted by atomic mass is 10.0. The van der Waals surface area contributed by atoms with Gasteiger partial charge in [0.25, 0.3) is 0 Å². The molecule has 10 nitrogen and oxygen atoms in total. The van der Waals surface area contributed by atoms with Crippen LogP contribution in [0.2, 0.25) is 5.02 Å². The number of carboxylic acid groups (broad SMARTS) is 1. The Morgan fingerprint density at radius 1 is 1.25 bits per heavy atom. The Balaban J connectivity index is 1.44. The summed E-state index contributed by atoms with van der Waals surface area (Å²) in [6.45, 7) is 0.437. The Kier molecular flexibility index (Phi) is 6.45. The van der Waals surface area contributed by atoms with Crippen LogP contribution in [-0.2, 0) is 11.8 Å². The van der Waals surface area contributed by atoms with Crippen LogP contribution in [-0.4, -0.2) is 63.0 Å². The van der Waals surface area contributed by atoms with Gasteiger partial charge < -0.3 is 25.0 Å². The lowest BCUT2D eigenvalue weighted by Gasteiger charge is -2.19. The molecule has 0 bridgehead atoms. The molecule has 1 atom stereocenters. The molecule has 0 unspecified atom stereocenters. The molecule has 0 radical (unpaired) electrons. The smallest absolute Gasteiger partial charge is 0.330 e. The number of hydrogen-bond acceptors (Lipinski definition) is 8. The second kappa shape index (κ2) is 9.84. The van der Waals surface area contributed by atoms with Crippen molar-refractivity contribution in [3.05, 3.63) is 59.2 Å². The Hall–Kier alpha value is -4.15. The number of carboxylic acids is 1. The van der Waals surface area contributed by atoms with Crippen molar-refractivity contribution >= 4 is 46.3 Å². The summed E-state index contributed by atoms with van der Waals surface area (Å²) >= 11 is 6.79. The quantitative estimate of drug-likeness (QED) is 0.323. The lowest BCUT2D eigenvalue weighted by Crippen LogP contribution is -2.22. The van der Waals surface area contributed by atoms with Gasteiger partial charge in [0.15, 0.2) is 23.4 Å². The van der Waals surface area contributed by atoms with E-state index in [-0.39, 0.29) is 0 Å². The zero-order chi connectivity index (χ0) is 25.2. The number of halogens is 1. The fourth-order valence-electron chi connectivity index (χ4n) is 3.86. The highest BCUT2D eigenvalue weighted by molar-refractivity contribution is 6.36. The number of rotatable bonds is 7. The molecule has 36 heavy (non-hydrogen) atoms. The van der Waals surface area contributed by atoms with Crippen LogP contribution in [0, 0.1) is 0 Å². The van der Waals surface area contributed by atoms with Crippen LogP contribution >= 0.6 is 11.6 Å². The van der Waals surface area contributed by atoms with Crippen LogP contribution in [0.25, 0.3) is 22.2 Å². The minimum atomic E-state index is -1.23. The molecule has 5 rings (SSSR count). The molecule has 3 heterocycles. The molecule has 0 aliphatic carbocycles. The standard InChI is InChI=1S/C25H22ClN5O5/c1-31-19-9-14(11-27-18(13-32)25(33)34)12-28-23(19)24(30-31)29-17-4-2-3-16(22(17)26)15-5-6-20-21(10-15)36-8-7-35-20/h2-6,9-12,18,32H,7-8,13H2,1H3,(H,29,30)(H,33,34)/t18-/m1/s1. The average molecular weight is 508 g/mol. The minimum Gasteiger partial charge on any atom is -0.486 e. The van der Waals surface area contributed by atoms with Crippen LogP contribution in [0.4, 0.5) is 11.5 Å². The van der Waals surface area contributed by atoms with Crippen molar-refractivity contribution in [1.29, 1.82) is 0 Å². The molecule has 2 aromatic carbocycles. The van der Waals surface area contributed by atoms with E-state index in [0.717, 1.165) is 11.1 Å². The van der Waals surface area contributed by atoms with Gasteiger partial charge in [-0.1, -0.05) is 29.8 Å². The Morgan fingerprint density at radius 2 is 2.06 bits per heavy atom. The minimum absolute atomic E-state index is 0.501. The van der Waals surface area contributed by atoms with Gasteiger partial charge in [0.1, 0.15) is 18.7 Å². The summed E-state index contributed by atoms with van der Waals surface area (Å²) in [4.78, 5) is 19.5. The Morgan fingerprint density at radius 3 is 2.83 bits per heavy atom. The van der Waals surface area contributed by atoms with Gasteiger partial charge in [-0.2, -0.15) is 5.10 Å². The predicted molar refractivity (Wildman–Crippen MR) is 136 cm³/mol. The number of aliphatic carboxylic acids is 1. The van der Waals surface area contributed by atoms with Gasteiger partial charge in [-0.25, -0.2) is 9.78 Å². The van der Waals surface area contributed by atoms with E-state index in [9.17, 15) is 4.79 Å². The number of pyridine rings is 1. The molecular weight excluding hydrogens is 486 g/mol. The normalized spacial score (nSPS) is 13.8. The number of nitrogens with one attached hydrogen (secondary N) is 1. The average Bonchev–Trinajstić information content (AvgIpc) is 3.19. The fourth-order valence-corrected chi connectivity index (χ4v) is 4.14. The first-order valence-electron chi connectivity index (χ1n) is 11.1. The number of aromatic nitrogens is 3. The highest BCUT2D eigenvalue weighted by Gasteiger charge is 2.17. The fraction of sp³-hybridized carbons (Fsp3) is 0.200. The van der Waals surface area contributed by atoms with E-state index in [1.54, 1.807) is 24.0 Å². The molecule has 1 aliphatic rings. The molecule has 4 aromatic rings. The van der Waals surface area contributed by atoms with Crippen molar-refractivity contribution in [2.45, 2.75) is 6.04 Å². The van der Waals surface area contributed by atoms with E-state index in [4.69, 9.17) is 31.3 Å². The van der Waals surface area contributed by atoms with Crippen LogP contribution in [0.5, 0.6) is 11.5 Å². The van der Waals surface area contributed by atoms with Gasteiger partial charge in [0.05, 0.1) is 22.8 Å². The van der Waals surface area contributed by atoms with Crippen molar-refractivity contribution in [3.8, 4) is 22.6 Å². The number of fused-ring (bicyclic) bond motifs is 2. The molecule has 11 heteroatoms. The van der Waals surface area contributed by atoms with Crippen LogP contribution in [0.3, 0.4) is 0 Å². The molecule has 0 spiro atoms. The SMILES string of the molecule is Cn1nc(Nc2cccc(-c3ccc4c(c3)OCCO4)c2Cl)c2ncc(C=N[C@H](CO)C(=O)O)cc21. The summed E-state index contributed by atoms with van der Waals surface area (Å²) in [6.07, 6.45) is 2.93. The third-order valence-corrected chi connectivity index (χ3v) is 6.09. The van der Waals surface area contributed by atoms with Crippen molar-refractivity contribution in [1.82, 2.24) is 14.8 Å². The number of benzene rings is 2. The second-order valence-corrected chi connectivity index (χ2v) is 8.45. The Labute approximate surface area is 210 Å². The van der Waals surface area contributed by atoms with Gasteiger partial charge in [-0.3, -0.25) is 9.67 Å². The number of aliphatic hydroxyl groups is 1. The molecule has 184 valence electrons. The molecule has 3 N–H and O–H groups in total. The van der Waals surface area contributed by atoms with Gasteiger partial charge in [0.2, 0.25) is 0 Å². The van der Waals surface area contributed by atoms with E-state index >= 15 is 0 Å². The van der Waals surface area contributed by atoms with Crippen LogP contribution in [0.1, 0.15) is 5.56 Å². The van der Waals surface area contributed by atoms with E-state index in [0.29, 0.717) is 57.8 Å². The molecule has 0 amide bonds. The van der Waals surface area contributed by atoms with Crippen molar-refractivity contribution < 1.29 is 24.5 Å². The third kappa shape index (κ3) is 4.56. The summed E-state index contributed by atoms with van der Waals surface area (Å²) in [5.74, 6) is 0.697. The summed E-state index contributed by atoms with van der Waals surface area (Å²) in [5, 5.41) is 26.5.